The van der Waals surface area contributed by atoms with Crippen molar-refractivity contribution in [2.24, 2.45) is 0 Å². The Kier molecular flexibility index (Phi) is 6.72. The zero-order chi connectivity index (χ0) is 18.7. The first-order valence-corrected chi connectivity index (χ1v) is 16.8. The Morgan fingerprint density at radius 3 is 2.36 bits per heavy atom. The van der Waals surface area contributed by atoms with E-state index < -0.39 is 25.8 Å². The third kappa shape index (κ3) is 5.82. The molecule has 135 valence electrons. The van der Waals surface area contributed by atoms with Crippen LogP contribution in [0.3, 0.4) is 0 Å². The Morgan fingerprint density at radius 1 is 1.16 bits per heavy atom. The summed E-state index contributed by atoms with van der Waals surface area (Å²) in [4.78, 5) is 0. The number of benzene rings is 1. The van der Waals surface area contributed by atoms with E-state index in [1.165, 1.54) is 11.1 Å². The fourth-order valence-electron chi connectivity index (χ4n) is 3.55. The fraction of sp³-hybridized carbons (Fsp3) is 0.429. The van der Waals surface area contributed by atoms with Crippen LogP contribution in [0, 0.1) is 6.07 Å². The minimum atomic E-state index is -2.04. The molecule has 0 saturated heterocycles. The topological polar surface area (TPSA) is 17.0 Å². The van der Waals surface area contributed by atoms with Gasteiger partial charge in [0.25, 0.3) is 0 Å². The molecule has 0 aliphatic heterocycles. The predicted molar refractivity (Wildman–Crippen MR) is 110 cm³/mol. The van der Waals surface area contributed by atoms with Gasteiger partial charge in [-0.1, -0.05) is 13.1 Å². The summed E-state index contributed by atoms with van der Waals surface area (Å²) >= 11 is -2.04. The maximum absolute atomic E-state index is 3.91. The summed E-state index contributed by atoms with van der Waals surface area (Å²) in [7, 11) is -0.595. The molecule has 1 aliphatic rings. The standard InChI is InChI=1S/C9H7.C6H10NSi.C4H10N.2CH3.Ti/c1-2-5-9-7-3-6-8(9)4-1;1-8(2)7-5-3-4-6-7;1-4(2,3)5;;;/h1-7H;3,5-6,8H,1-2H3;5H,1-3H3;2*1H3;/q;;-1;;;+1. The Balaban J connectivity index is 0.000000236. The second-order valence-electron chi connectivity index (χ2n) is 8.71. The zero-order valence-corrected chi connectivity index (χ0v) is 19.5. The minimum absolute atomic E-state index is 0.217. The number of allylic oxidation sites excluding steroid dienone is 1. The predicted octanol–water partition coefficient (Wildman–Crippen LogP) is 5.43. The van der Waals surface area contributed by atoms with Gasteiger partial charge in [-0.3, -0.25) is 0 Å². The van der Waals surface area contributed by atoms with E-state index in [0.29, 0.717) is 4.22 Å². The molecule has 1 unspecified atom stereocenters. The summed E-state index contributed by atoms with van der Waals surface area (Å²) in [5.41, 5.74) is 3.15. The van der Waals surface area contributed by atoms with Gasteiger partial charge in [-0.05, 0) is 18.3 Å². The minimum Gasteiger partial charge on any atom is -0.383 e. The molecule has 1 atom stereocenters. The van der Waals surface area contributed by atoms with Gasteiger partial charge in [0, 0.05) is 6.20 Å². The molecule has 2 nitrogen and oxygen atoms in total. The molecule has 3 rings (SSSR count). The average Bonchev–Trinajstić information content (AvgIpc) is 3.15. The monoisotopic (exact) mass is 389 g/mol. The van der Waals surface area contributed by atoms with Gasteiger partial charge in [0.2, 0.25) is 0 Å². The van der Waals surface area contributed by atoms with Crippen LogP contribution < -0.4 is 3.80 Å². The molecule has 4 heteroatoms. The summed E-state index contributed by atoms with van der Waals surface area (Å²) in [6, 6.07) is 13.8. The molecular formula is C21H33N2SiTi. The molecule has 0 bridgehead atoms. The zero-order valence-electron chi connectivity index (χ0n) is 16.8. The molecular weight excluding hydrogens is 356 g/mol. The van der Waals surface area contributed by atoms with Gasteiger partial charge in [-0.25, -0.2) is 0 Å². The van der Waals surface area contributed by atoms with Crippen LogP contribution in [0.15, 0.2) is 48.8 Å². The van der Waals surface area contributed by atoms with Crippen molar-refractivity contribution in [2.75, 3.05) is 0 Å². The van der Waals surface area contributed by atoms with Crippen molar-refractivity contribution in [2.45, 2.75) is 54.1 Å². The number of nitrogens with zero attached hydrogens (tertiary/aromatic N) is 1. The molecule has 2 aromatic rings. The summed E-state index contributed by atoms with van der Waals surface area (Å²) < 4.78 is 6.81. The van der Waals surface area contributed by atoms with E-state index in [4.69, 9.17) is 0 Å². The van der Waals surface area contributed by atoms with Crippen LogP contribution in [0.4, 0.5) is 0 Å². The Morgan fingerprint density at radius 2 is 1.84 bits per heavy atom. The number of aromatic nitrogens is 1. The van der Waals surface area contributed by atoms with Crippen LogP contribution >= 0.6 is 0 Å². The van der Waals surface area contributed by atoms with E-state index in [0.717, 1.165) is 0 Å². The van der Waals surface area contributed by atoms with E-state index in [1.807, 2.05) is 12.3 Å². The van der Waals surface area contributed by atoms with E-state index >= 15 is 0 Å². The Hall–Kier alpha value is -0.869. The van der Waals surface area contributed by atoms with Crippen LogP contribution in [-0.4, -0.2) is 18.7 Å². The molecule has 1 aliphatic carbocycles. The largest absolute Gasteiger partial charge is 0.383 e. The molecule has 25 heavy (non-hydrogen) atoms. The number of hydrogen-bond donors (Lipinski definition) is 1. The van der Waals surface area contributed by atoms with E-state index in [2.05, 4.69) is 101 Å². The van der Waals surface area contributed by atoms with Crippen LogP contribution in [0.5, 0.6) is 0 Å². The smallest absolute Gasteiger partial charge is 0.139 e. The number of fused-ring (bicyclic) bond motifs is 1. The third-order valence-corrected chi connectivity index (χ3v) is 11.3. The third-order valence-electron chi connectivity index (χ3n) is 4.44. The van der Waals surface area contributed by atoms with Gasteiger partial charge in [-0.2, -0.15) is 0 Å². The first kappa shape index (κ1) is 20.4. The van der Waals surface area contributed by atoms with Crippen molar-refractivity contribution in [3.05, 3.63) is 66.0 Å². The summed E-state index contributed by atoms with van der Waals surface area (Å²) in [6.45, 7) is 11.4. The van der Waals surface area contributed by atoms with Crippen molar-refractivity contribution < 1.29 is 16.8 Å². The van der Waals surface area contributed by atoms with E-state index in [1.54, 1.807) is 0 Å². The first-order chi connectivity index (χ1) is 11.6. The van der Waals surface area contributed by atoms with Crippen molar-refractivity contribution in [3.63, 3.8) is 0 Å². The van der Waals surface area contributed by atoms with Crippen molar-refractivity contribution in [1.82, 2.24) is 8.03 Å². The molecule has 1 heterocycles. The number of nitrogens with one attached hydrogen (secondary N) is 1. The van der Waals surface area contributed by atoms with Gasteiger partial charge in [0.15, 0.2) is 0 Å². The van der Waals surface area contributed by atoms with Crippen LogP contribution in [0.1, 0.15) is 36.1 Å². The van der Waals surface area contributed by atoms with Crippen LogP contribution in [-0.2, 0) is 16.8 Å². The first-order valence-electron chi connectivity index (χ1n) is 9.20. The van der Waals surface area contributed by atoms with Crippen molar-refractivity contribution in [1.29, 1.82) is 0 Å². The number of rotatable bonds is 3. The summed E-state index contributed by atoms with van der Waals surface area (Å²) in [5, 5.41) is 4.95. The van der Waals surface area contributed by atoms with Gasteiger partial charge < -0.3 is 4.23 Å². The van der Waals surface area contributed by atoms with Crippen molar-refractivity contribution >= 4 is 15.0 Å². The normalized spacial score (nSPS) is 16.6. The van der Waals surface area contributed by atoms with E-state index in [9.17, 15) is 0 Å². The molecule has 0 spiro atoms. The maximum Gasteiger partial charge on any atom is 0.139 e. The second-order valence-corrected chi connectivity index (χ2v) is 18.2. The molecule has 1 N–H and O–H groups in total. The quantitative estimate of drug-likeness (QED) is 0.693. The van der Waals surface area contributed by atoms with Gasteiger partial charge in [0.05, 0.1) is 0 Å². The molecule has 1 aromatic carbocycles. The van der Waals surface area contributed by atoms with Crippen LogP contribution in [0.25, 0.3) is 6.08 Å². The molecule has 1 aromatic heterocycles. The SMILES string of the molecule is CC(C)(C)[NH][Ti]([CH3])([CH3])[CH]1C=Cc2ccccc21.C[SiH](C)n1c[c]cc1. The Labute approximate surface area is 159 Å². The number of hydrogen-bond acceptors (Lipinski definition) is 1. The fourth-order valence-corrected chi connectivity index (χ4v) is 10.1. The second kappa shape index (κ2) is 8.22. The average molecular weight is 389 g/mol. The van der Waals surface area contributed by atoms with Gasteiger partial charge >= 0.3 is 109 Å². The van der Waals surface area contributed by atoms with Crippen LogP contribution in [0.2, 0.25) is 23.6 Å². The van der Waals surface area contributed by atoms with Gasteiger partial charge in [0.1, 0.15) is 8.96 Å². The Bertz CT molecular complexity index is 697. The van der Waals surface area contributed by atoms with Gasteiger partial charge in [-0.15, -0.1) is 0 Å². The molecule has 0 fully saturated rings. The van der Waals surface area contributed by atoms with E-state index in [-0.39, 0.29) is 5.54 Å². The van der Waals surface area contributed by atoms with Crippen molar-refractivity contribution in [3.8, 4) is 0 Å². The summed E-state index contributed by atoms with van der Waals surface area (Å²) in [5.74, 6) is 0. The molecule has 1 radical (unpaired) electrons. The maximum atomic E-state index is 3.91. The summed E-state index contributed by atoms with van der Waals surface area (Å²) in [6.07, 6.45) is 8.79. The molecule has 0 saturated carbocycles. The molecule has 0 amide bonds.